The molecule has 4 rings (SSSR count). The average molecular weight is 536 g/mol. The van der Waals surface area contributed by atoms with E-state index in [9.17, 15) is 8.42 Å². The highest BCUT2D eigenvalue weighted by Crippen LogP contribution is 2.31. The lowest BCUT2D eigenvalue weighted by Gasteiger charge is -2.13. The summed E-state index contributed by atoms with van der Waals surface area (Å²) in [5.41, 5.74) is 5.38. The Morgan fingerprint density at radius 2 is 1.76 bits per heavy atom. The van der Waals surface area contributed by atoms with Crippen molar-refractivity contribution in [2.75, 3.05) is 14.2 Å². The van der Waals surface area contributed by atoms with E-state index in [2.05, 4.69) is 41.3 Å². The number of aryl methyl sites for hydroxylation is 3. The molecule has 0 bridgehead atoms. The van der Waals surface area contributed by atoms with Gasteiger partial charge in [0.2, 0.25) is 4.80 Å². The molecule has 3 aromatic carbocycles. The molecule has 0 fully saturated rings. The minimum Gasteiger partial charge on any atom is -0.493 e. The Hall–Kier alpha value is -3.69. The van der Waals surface area contributed by atoms with Gasteiger partial charge in [-0.1, -0.05) is 43.3 Å². The van der Waals surface area contributed by atoms with Crippen molar-refractivity contribution in [3.8, 4) is 22.8 Å². The number of aromatic nitrogens is 1. The SMILES string of the molecule is CCc1ccc(-c2csc(=NC)n2/N=C\c2ccc(OS(=O)(=O)c3cc(C)ccc3C)c(OC)c2)cc1. The van der Waals surface area contributed by atoms with Crippen LogP contribution in [0.15, 0.2) is 81.0 Å². The monoisotopic (exact) mass is 535 g/mol. The van der Waals surface area contributed by atoms with Crippen LogP contribution >= 0.6 is 11.3 Å². The van der Waals surface area contributed by atoms with E-state index in [0.29, 0.717) is 11.1 Å². The third-order valence-corrected chi connectivity index (χ3v) is 8.14. The zero-order chi connectivity index (χ0) is 26.6. The normalized spacial score (nSPS) is 12.3. The van der Waals surface area contributed by atoms with E-state index in [4.69, 9.17) is 8.92 Å². The molecule has 7 nitrogen and oxygen atoms in total. The largest absolute Gasteiger partial charge is 0.493 e. The van der Waals surface area contributed by atoms with Crippen molar-refractivity contribution in [3.63, 3.8) is 0 Å². The lowest BCUT2D eigenvalue weighted by atomic mass is 10.1. The zero-order valence-corrected chi connectivity index (χ0v) is 23.1. The molecule has 0 atom stereocenters. The van der Waals surface area contributed by atoms with Gasteiger partial charge >= 0.3 is 10.1 Å². The Kier molecular flexibility index (Phi) is 7.94. The summed E-state index contributed by atoms with van der Waals surface area (Å²) in [5.74, 6) is 0.383. The molecule has 0 aliphatic heterocycles. The van der Waals surface area contributed by atoms with Gasteiger partial charge in [-0.3, -0.25) is 4.99 Å². The number of hydrogen-bond donors (Lipinski definition) is 0. The summed E-state index contributed by atoms with van der Waals surface area (Å²) in [4.78, 5) is 5.23. The van der Waals surface area contributed by atoms with Gasteiger partial charge in [0.05, 0.1) is 19.0 Å². The highest BCUT2D eigenvalue weighted by Gasteiger charge is 2.21. The van der Waals surface area contributed by atoms with Gasteiger partial charge in [0, 0.05) is 18.0 Å². The van der Waals surface area contributed by atoms with Crippen LogP contribution in [-0.4, -0.2) is 33.5 Å². The fraction of sp³-hybridized carbons (Fsp3) is 0.214. The van der Waals surface area contributed by atoms with Gasteiger partial charge in [-0.05, 0) is 66.8 Å². The second-order valence-corrected chi connectivity index (χ2v) is 10.8. The van der Waals surface area contributed by atoms with Gasteiger partial charge < -0.3 is 8.92 Å². The topological polar surface area (TPSA) is 82.2 Å². The van der Waals surface area contributed by atoms with Gasteiger partial charge in [-0.2, -0.15) is 13.5 Å². The van der Waals surface area contributed by atoms with Crippen molar-refractivity contribution in [1.29, 1.82) is 0 Å². The first-order chi connectivity index (χ1) is 17.7. The standard InChI is InChI=1S/C28H29N3O4S2/c1-6-21-9-12-23(13-10-21)24-18-36-28(29-4)31(24)30-17-22-11-14-25(26(16-22)34-5)35-37(32,33)27-15-19(2)7-8-20(27)3/h7-18H,6H2,1-5H3/b29-28?,30-17-. The van der Waals surface area contributed by atoms with Crippen LogP contribution in [0.2, 0.25) is 0 Å². The average Bonchev–Trinajstić information content (AvgIpc) is 3.32. The minimum atomic E-state index is -4.04. The maximum atomic E-state index is 13.0. The van der Waals surface area contributed by atoms with Crippen LogP contribution in [0.3, 0.4) is 0 Å². The number of benzene rings is 3. The Balaban J connectivity index is 1.64. The van der Waals surface area contributed by atoms with Gasteiger partial charge in [0.25, 0.3) is 0 Å². The summed E-state index contributed by atoms with van der Waals surface area (Å²) in [5, 5.41) is 6.69. The van der Waals surface area contributed by atoms with E-state index in [1.165, 1.54) is 24.0 Å². The molecule has 1 heterocycles. The number of rotatable bonds is 8. The molecule has 192 valence electrons. The fourth-order valence-electron chi connectivity index (χ4n) is 3.77. The van der Waals surface area contributed by atoms with Crippen LogP contribution in [0.5, 0.6) is 11.5 Å². The molecule has 0 aliphatic rings. The Morgan fingerprint density at radius 1 is 1.00 bits per heavy atom. The highest BCUT2D eigenvalue weighted by molar-refractivity contribution is 7.87. The van der Waals surface area contributed by atoms with Crippen LogP contribution in [-0.2, 0) is 16.5 Å². The quantitative estimate of drug-likeness (QED) is 0.218. The molecule has 0 spiro atoms. The lowest BCUT2D eigenvalue weighted by molar-refractivity contribution is 0.390. The molecule has 0 radical (unpaired) electrons. The van der Waals surface area contributed by atoms with Crippen LogP contribution in [0.25, 0.3) is 11.3 Å². The number of hydrogen-bond acceptors (Lipinski definition) is 7. The highest BCUT2D eigenvalue weighted by atomic mass is 32.2. The lowest BCUT2D eigenvalue weighted by Crippen LogP contribution is -2.12. The van der Waals surface area contributed by atoms with E-state index in [0.717, 1.165) is 28.0 Å². The van der Waals surface area contributed by atoms with Crippen LogP contribution < -0.4 is 13.7 Å². The molecule has 37 heavy (non-hydrogen) atoms. The first-order valence-electron chi connectivity index (χ1n) is 11.7. The van der Waals surface area contributed by atoms with E-state index in [1.807, 2.05) is 18.4 Å². The van der Waals surface area contributed by atoms with E-state index in [-0.39, 0.29) is 16.4 Å². The summed E-state index contributed by atoms with van der Waals surface area (Å²) in [6.07, 6.45) is 2.65. The summed E-state index contributed by atoms with van der Waals surface area (Å²) in [7, 11) is -0.844. The van der Waals surface area contributed by atoms with Crippen molar-refractivity contribution in [2.45, 2.75) is 32.1 Å². The minimum absolute atomic E-state index is 0.102. The molecule has 0 saturated heterocycles. The summed E-state index contributed by atoms with van der Waals surface area (Å²) in [6, 6.07) is 18.6. The van der Waals surface area contributed by atoms with Gasteiger partial charge in [0.1, 0.15) is 4.90 Å². The second kappa shape index (κ2) is 11.1. The molecular weight excluding hydrogens is 506 g/mol. The summed E-state index contributed by atoms with van der Waals surface area (Å²) >= 11 is 1.50. The van der Waals surface area contributed by atoms with Crippen molar-refractivity contribution in [1.82, 2.24) is 4.68 Å². The molecule has 0 amide bonds. The van der Waals surface area contributed by atoms with Gasteiger partial charge in [0.15, 0.2) is 11.5 Å². The predicted molar refractivity (Wildman–Crippen MR) is 148 cm³/mol. The Bertz CT molecular complexity index is 1620. The third-order valence-electron chi connectivity index (χ3n) is 5.86. The number of methoxy groups -OCH3 is 1. The van der Waals surface area contributed by atoms with Gasteiger partial charge in [-0.15, -0.1) is 11.3 Å². The maximum absolute atomic E-state index is 13.0. The molecule has 0 unspecified atom stereocenters. The second-order valence-electron chi connectivity index (χ2n) is 8.45. The van der Waals surface area contributed by atoms with E-state index in [1.54, 1.807) is 55.2 Å². The fourth-order valence-corrected chi connectivity index (χ4v) is 5.83. The predicted octanol–water partition coefficient (Wildman–Crippen LogP) is 5.58. The molecule has 0 aliphatic carbocycles. The van der Waals surface area contributed by atoms with Gasteiger partial charge in [-0.25, -0.2) is 4.68 Å². The maximum Gasteiger partial charge on any atom is 0.339 e. The molecule has 1 aromatic heterocycles. The van der Waals surface area contributed by atoms with E-state index < -0.39 is 10.1 Å². The number of ether oxygens (including phenoxy) is 1. The van der Waals surface area contributed by atoms with Crippen LogP contribution in [0.1, 0.15) is 29.2 Å². The van der Waals surface area contributed by atoms with Crippen molar-refractivity contribution < 1.29 is 17.3 Å². The van der Waals surface area contributed by atoms with Crippen molar-refractivity contribution in [2.24, 2.45) is 10.1 Å². The summed E-state index contributed by atoms with van der Waals surface area (Å²) in [6.45, 7) is 5.70. The molecular formula is C28H29N3O4S2. The van der Waals surface area contributed by atoms with Crippen LogP contribution in [0.4, 0.5) is 0 Å². The third kappa shape index (κ3) is 5.84. The molecule has 4 aromatic rings. The number of nitrogens with zero attached hydrogens (tertiary/aromatic N) is 3. The molecule has 0 N–H and O–H groups in total. The smallest absolute Gasteiger partial charge is 0.339 e. The van der Waals surface area contributed by atoms with Crippen molar-refractivity contribution in [3.05, 3.63) is 93.1 Å². The zero-order valence-electron chi connectivity index (χ0n) is 21.4. The molecule has 0 saturated carbocycles. The van der Waals surface area contributed by atoms with E-state index >= 15 is 0 Å². The van der Waals surface area contributed by atoms with Crippen LogP contribution in [0, 0.1) is 13.8 Å². The Morgan fingerprint density at radius 3 is 2.43 bits per heavy atom. The first-order valence-corrected chi connectivity index (χ1v) is 14.0. The summed E-state index contributed by atoms with van der Waals surface area (Å²) < 4.78 is 38.6. The number of thiazole rings is 1. The van der Waals surface area contributed by atoms with Crippen molar-refractivity contribution >= 4 is 27.7 Å². The Labute approximate surface area is 221 Å². The first kappa shape index (κ1) is 26.4. The molecule has 9 heteroatoms.